The number of ether oxygens (including phenoxy) is 2. The van der Waals surface area contributed by atoms with Crippen molar-refractivity contribution < 1.29 is 28.7 Å². The van der Waals surface area contributed by atoms with E-state index in [4.69, 9.17) is 9.47 Å². The molecule has 0 aromatic carbocycles. The Kier molecular flexibility index (Phi) is 53.4. The molecule has 0 bridgehead atoms. The third-order valence-corrected chi connectivity index (χ3v) is 13.7. The first-order valence-corrected chi connectivity index (χ1v) is 29.0. The lowest BCUT2D eigenvalue weighted by molar-refractivity contribution is -0.144. The van der Waals surface area contributed by atoms with Crippen molar-refractivity contribution in [1.29, 1.82) is 0 Å². The second kappa shape index (κ2) is 53.4. The highest BCUT2D eigenvalue weighted by molar-refractivity contribution is 5.80. The molecule has 1 aliphatic heterocycles. The lowest BCUT2D eigenvalue weighted by Gasteiger charge is -2.33. The molecular weight excluding hydrogens is 835 g/mol. The molecule has 9 heteroatoms. The van der Waals surface area contributed by atoms with Gasteiger partial charge in [0.1, 0.15) is 5.78 Å². The summed E-state index contributed by atoms with van der Waals surface area (Å²) in [5, 5.41) is 3.34. The van der Waals surface area contributed by atoms with E-state index in [9.17, 15) is 19.2 Å². The number of nitrogens with zero attached hydrogens (tertiary/aromatic N) is 2. The quantitative estimate of drug-likeness (QED) is 0.0366. The maximum atomic E-state index is 12.4. The van der Waals surface area contributed by atoms with Gasteiger partial charge in [0.15, 0.2) is 0 Å². The Balaban J connectivity index is 0. The molecule has 0 aliphatic carbocycles. The molecule has 0 spiro atoms. The Morgan fingerprint density at radius 1 is 0.612 bits per heavy atom. The number of likely N-dealkylation sites (tertiary alicyclic amines) is 1. The Morgan fingerprint density at radius 2 is 1.09 bits per heavy atom. The van der Waals surface area contributed by atoms with Crippen LogP contribution in [-0.2, 0) is 28.7 Å². The first-order chi connectivity index (χ1) is 32.6. The van der Waals surface area contributed by atoms with Crippen LogP contribution in [0, 0.1) is 5.92 Å². The van der Waals surface area contributed by atoms with Gasteiger partial charge in [0, 0.05) is 43.8 Å². The molecule has 2 atom stereocenters. The summed E-state index contributed by atoms with van der Waals surface area (Å²) in [5.74, 6) is 0.883. The van der Waals surface area contributed by atoms with E-state index in [1.165, 1.54) is 167 Å². The molecule has 1 heterocycles. The number of ketones is 1. The summed E-state index contributed by atoms with van der Waals surface area (Å²) in [4.78, 5) is 50.2. The molecule has 67 heavy (non-hydrogen) atoms. The monoisotopic (exact) mass is 950 g/mol. The van der Waals surface area contributed by atoms with E-state index in [0.29, 0.717) is 50.8 Å². The van der Waals surface area contributed by atoms with Crippen LogP contribution in [0.15, 0.2) is 0 Å². The molecule has 0 saturated carbocycles. The number of rotatable bonds is 45. The van der Waals surface area contributed by atoms with Crippen LogP contribution in [0.2, 0.25) is 0 Å². The zero-order valence-electron chi connectivity index (χ0n) is 46.1. The zero-order chi connectivity index (χ0) is 49.9. The topological polar surface area (TPSA) is 105 Å². The Morgan fingerprint density at radius 3 is 1.60 bits per heavy atom. The summed E-state index contributed by atoms with van der Waals surface area (Å²) >= 11 is 0. The number of carbonyl (C=O) groups is 4. The van der Waals surface area contributed by atoms with Crippen LogP contribution in [0.4, 0.5) is 0 Å². The van der Waals surface area contributed by atoms with Gasteiger partial charge in [-0.05, 0) is 98.3 Å². The van der Waals surface area contributed by atoms with Gasteiger partial charge in [0.2, 0.25) is 5.91 Å². The molecule has 1 fully saturated rings. The van der Waals surface area contributed by atoms with Crippen LogP contribution in [0.5, 0.6) is 0 Å². The summed E-state index contributed by atoms with van der Waals surface area (Å²) in [6.45, 7) is 18.2. The summed E-state index contributed by atoms with van der Waals surface area (Å²) < 4.78 is 10.1. The van der Waals surface area contributed by atoms with Crippen molar-refractivity contribution in [3.8, 4) is 0 Å². The van der Waals surface area contributed by atoms with Crippen molar-refractivity contribution in [1.82, 2.24) is 15.1 Å². The van der Waals surface area contributed by atoms with Gasteiger partial charge in [-0.1, -0.05) is 195 Å². The number of nitrogens with one attached hydrogen (secondary N) is 1. The highest BCUT2D eigenvalue weighted by atomic mass is 16.5. The van der Waals surface area contributed by atoms with E-state index in [1.807, 2.05) is 25.9 Å². The van der Waals surface area contributed by atoms with E-state index in [-0.39, 0.29) is 17.8 Å². The van der Waals surface area contributed by atoms with Crippen LogP contribution < -0.4 is 5.32 Å². The first kappa shape index (κ1) is 67.1. The molecule has 1 saturated heterocycles. The minimum absolute atomic E-state index is 0.0101. The molecule has 1 N–H and O–H groups in total. The van der Waals surface area contributed by atoms with Crippen LogP contribution >= 0.6 is 0 Å². The molecule has 1 aliphatic rings. The Bertz CT molecular complexity index is 1060. The van der Waals surface area contributed by atoms with Crippen molar-refractivity contribution in [3.63, 3.8) is 0 Å². The van der Waals surface area contributed by atoms with Crippen LogP contribution in [0.1, 0.15) is 286 Å². The van der Waals surface area contributed by atoms with Gasteiger partial charge >= 0.3 is 5.97 Å². The standard InChI is InChI=1S/C26H51NO3.C23H45NO2.C9H19NO/c1-3-5-7-9-12-16-20-25(21-17-13-10-8-6-4-2)27-26(29)22-18-14-11-15-19-23-30-24-28;1-3-4-5-6-7-8-9-10-16-21-26-23(25)18-12-11-14-19-24-20-15-13-17-22(24)2;1-5-8(2)9(11)6-7-10(3)4/h24-25H,3-23H2,1-2H3,(H,27,29);22H,3-21H2,1-2H3;8H,5-7H2,1-4H3. The maximum Gasteiger partial charge on any atom is 0.305 e. The van der Waals surface area contributed by atoms with E-state index >= 15 is 0 Å². The molecule has 9 nitrogen and oxygen atoms in total. The van der Waals surface area contributed by atoms with Gasteiger partial charge in [-0.15, -0.1) is 0 Å². The summed E-state index contributed by atoms with van der Waals surface area (Å²) in [6.07, 6.45) is 45.3. The summed E-state index contributed by atoms with van der Waals surface area (Å²) in [6, 6.07) is 1.13. The molecule has 0 radical (unpaired) electrons. The van der Waals surface area contributed by atoms with Crippen molar-refractivity contribution >= 4 is 24.1 Å². The molecular formula is C58H115N3O6. The predicted molar refractivity (Wildman–Crippen MR) is 287 cm³/mol. The van der Waals surface area contributed by atoms with Gasteiger partial charge in [-0.3, -0.25) is 19.2 Å². The highest BCUT2D eigenvalue weighted by Gasteiger charge is 2.17. The molecule has 0 aromatic heterocycles. The summed E-state index contributed by atoms with van der Waals surface area (Å²) in [7, 11) is 3.98. The zero-order valence-corrected chi connectivity index (χ0v) is 46.1. The minimum atomic E-state index is 0.0101. The normalized spacial score (nSPS) is 14.2. The van der Waals surface area contributed by atoms with Crippen LogP contribution in [-0.4, -0.2) is 93.0 Å². The lowest BCUT2D eigenvalue weighted by Crippen LogP contribution is -2.37. The number of hydrogen-bond acceptors (Lipinski definition) is 8. The van der Waals surface area contributed by atoms with Crippen molar-refractivity contribution in [2.45, 2.75) is 298 Å². The van der Waals surface area contributed by atoms with Gasteiger partial charge in [-0.25, -0.2) is 0 Å². The average molecular weight is 951 g/mol. The number of unbranched alkanes of at least 4 members (excludes halogenated alkanes) is 24. The number of amides is 1. The van der Waals surface area contributed by atoms with Crippen molar-refractivity contribution in [3.05, 3.63) is 0 Å². The molecule has 1 rings (SSSR count). The first-order valence-electron chi connectivity index (χ1n) is 29.0. The van der Waals surface area contributed by atoms with E-state index in [2.05, 4.69) is 44.8 Å². The number of piperidine rings is 1. The van der Waals surface area contributed by atoms with Crippen molar-refractivity contribution in [2.75, 3.05) is 46.9 Å². The molecule has 2 unspecified atom stereocenters. The summed E-state index contributed by atoms with van der Waals surface area (Å²) in [5.41, 5.74) is 0. The Labute approximate surface area is 416 Å². The van der Waals surface area contributed by atoms with Gasteiger partial charge in [-0.2, -0.15) is 0 Å². The largest absolute Gasteiger partial charge is 0.468 e. The van der Waals surface area contributed by atoms with Crippen LogP contribution in [0.25, 0.3) is 0 Å². The Hall–Kier alpha value is -2.00. The number of Topliss-reactive ketones (excluding diaryl/α,β-unsaturated/α-hetero) is 1. The van der Waals surface area contributed by atoms with Gasteiger partial charge in [0.25, 0.3) is 6.47 Å². The fourth-order valence-electron chi connectivity index (χ4n) is 8.71. The second-order valence-corrected chi connectivity index (χ2v) is 20.4. The maximum absolute atomic E-state index is 12.4. The third-order valence-electron chi connectivity index (χ3n) is 13.7. The smallest absolute Gasteiger partial charge is 0.305 e. The van der Waals surface area contributed by atoms with E-state index in [1.54, 1.807) is 0 Å². The van der Waals surface area contributed by atoms with Crippen LogP contribution in [0.3, 0.4) is 0 Å². The predicted octanol–water partition coefficient (Wildman–Crippen LogP) is 15.5. The average Bonchev–Trinajstić information content (AvgIpc) is 3.32. The minimum Gasteiger partial charge on any atom is -0.468 e. The number of hydrogen-bond donors (Lipinski definition) is 1. The van der Waals surface area contributed by atoms with E-state index < -0.39 is 0 Å². The highest BCUT2D eigenvalue weighted by Crippen LogP contribution is 2.18. The van der Waals surface area contributed by atoms with E-state index in [0.717, 1.165) is 83.2 Å². The lowest BCUT2D eigenvalue weighted by atomic mass is 9.99. The number of esters is 1. The SMILES string of the molecule is CCC(C)C(=O)CCN(C)C.CCCCCCCCC(CCCCCCCC)NC(=O)CCCCCCCOC=O.CCCCCCCCCCCOC(=O)CCCCCN1CCCCC1C. The van der Waals surface area contributed by atoms with Gasteiger partial charge in [0.05, 0.1) is 13.2 Å². The molecule has 398 valence electrons. The number of carbonyl (C=O) groups excluding carboxylic acids is 4. The fraction of sp³-hybridized carbons (Fsp3) is 0.931. The van der Waals surface area contributed by atoms with Gasteiger partial charge < -0.3 is 24.6 Å². The fourth-order valence-corrected chi connectivity index (χ4v) is 8.71. The second-order valence-electron chi connectivity index (χ2n) is 20.4. The van der Waals surface area contributed by atoms with Crippen molar-refractivity contribution in [2.24, 2.45) is 5.92 Å². The molecule has 1 amide bonds. The third kappa shape index (κ3) is 50.2. The molecule has 0 aromatic rings.